The summed E-state index contributed by atoms with van der Waals surface area (Å²) in [7, 11) is 1.72. The number of nitrogens with zero attached hydrogens (tertiary/aromatic N) is 2. The lowest BCUT2D eigenvalue weighted by Gasteiger charge is -2.40. The van der Waals surface area contributed by atoms with E-state index in [0.717, 1.165) is 25.0 Å². The van der Waals surface area contributed by atoms with Gasteiger partial charge in [0.15, 0.2) is 0 Å². The minimum Gasteiger partial charge on any atom is -0.481 e. The van der Waals surface area contributed by atoms with Gasteiger partial charge in [-0.2, -0.15) is 5.10 Å². The van der Waals surface area contributed by atoms with Gasteiger partial charge >= 0.3 is 5.97 Å². The molecule has 1 aliphatic rings. The second-order valence-corrected chi connectivity index (χ2v) is 5.40. The third-order valence-electron chi connectivity index (χ3n) is 3.80. The average Bonchev–Trinajstić information content (AvgIpc) is 2.60. The standard InChI is InChI=1S/C13H19N3O3/c1-9-6-10(16(2)15-9)12(19)14-8-13(4-3-5-13)7-11(17)18/h6H,3-5,7-8H2,1-2H3,(H,14,19)(H,17,18). The van der Waals surface area contributed by atoms with Crippen molar-refractivity contribution in [3.05, 3.63) is 17.5 Å². The summed E-state index contributed by atoms with van der Waals surface area (Å²) in [5.41, 5.74) is 1.04. The molecule has 2 rings (SSSR count). The minimum absolute atomic E-state index is 0.123. The zero-order valence-corrected chi connectivity index (χ0v) is 11.3. The minimum atomic E-state index is -0.801. The fourth-order valence-electron chi connectivity index (χ4n) is 2.60. The van der Waals surface area contributed by atoms with E-state index in [0.29, 0.717) is 12.2 Å². The summed E-state index contributed by atoms with van der Waals surface area (Å²) in [6.07, 6.45) is 2.89. The lowest BCUT2D eigenvalue weighted by molar-refractivity contribution is -0.141. The van der Waals surface area contributed by atoms with Gasteiger partial charge in [0.05, 0.1) is 12.1 Å². The first kappa shape index (κ1) is 13.6. The summed E-state index contributed by atoms with van der Waals surface area (Å²) in [5.74, 6) is -0.995. The van der Waals surface area contributed by atoms with Gasteiger partial charge in [0.25, 0.3) is 5.91 Å². The highest BCUT2D eigenvalue weighted by atomic mass is 16.4. The van der Waals surface area contributed by atoms with E-state index in [9.17, 15) is 9.59 Å². The van der Waals surface area contributed by atoms with Gasteiger partial charge in [-0.15, -0.1) is 0 Å². The number of nitrogens with one attached hydrogen (secondary N) is 1. The SMILES string of the molecule is Cc1cc(C(=O)NCC2(CC(=O)O)CCC2)n(C)n1. The Balaban J connectivity index is 1.96. The normalized spacial score (nSPS) is 16.7. The quantitative estimate of drug-likeness (QED) is 0.835. The van der Waals surface area contributed by atoms with Crippen LogP contribution in [-0.2, 0) is 11.8 Å². The molecule has 1 aromatic heterocycles. The van der Waals surface area contributed by atoms with Gasteiger partial charge < -0.3 is 10.4 Å². The summed E-state index contributed by atoms with van der Waals surface area (Å²) >= 11 is 0. The van der Waals surface area contributed by atoms with Gasteiger partial charge in [-0.25, -0.2) is 0 Å². The summed E-state index contributed by atoms with van der Waals surface area (Å²) in [5, 5.41) is 15.9. The summed E-state index contributed by atoms with van der Waals surface area (Å²) in [4.78, 5) is 22.9. The molecule has 1 amide bonds. The van der Waals surface area contributed by atoms with Gasteiger partial charge in [-0.3, -0.25) is 14.3 Å². The number of aliphatic carboxylic acids is 1. The Kier molecular flexibility index (Phi) is 3.59. The van der Waals surface area contributed by atoms with Crippen molar-refractivity contribution in [3.63, 3.8) is 0 Å². The second kappa shape index (κ2) is 5.03. The number of carbonyl (C=O) groups is 2. The number of hydrogen-bond acceptors (Lipinski definition) is 3. The maximum atomic E-state index is 12.0. The van der Waals surface area contributed by atoms with Gasteiger partial charge in [-0.05, 0) is 31.2 Å². The fourth-order valence-corrected chi connectivity index (χ4v) is 2.60. The summed E-state index contributed by atoms with van der Waals surface area (Å²) < 4.78 is 1.54. The number of carboxylic acid groups (broad SMARTS) is 1. The molecule has 0 aliphatic heterocycles. The number of amides is 1. The predicted octanol–water partition coefficient (Wildman–Crippen LogP) is 1.10. The second-order valence-electron chi connectivity index (χ2n) is 5.40. The first-order chi connectivity index (χ1) is 8.92. The first-order valence-corrected chi connectivity index (χ1v) is 6.42. The Hall–Kier alpha value is -1.85. The molecule has 0 spiro atoms. The fraction of sp³-hybridized carbons (Fsp3) is 0.615. The van der Waals surface area contributed by atoms with Crippen LogP contribution in [0.4, 0.5) is 0 Å². The maximum Gasteiger partial charge on any atom is 0.303 e. The third-order valence-corrected chi connectivity index (χ3v) is 3.80. The number of hydrogen-bond donors (Lipinski definition) is 2. The van der Waals surface area contributed by atoms with E-state index >= 15 is 0 Å². The Labute approximate surface area is 111 Å². The molecule has 1 aliphatic carbocycles. The van der Waals surface area contributed by atoms with Gasteiger partial charge in [0.2, 0.25) is 0 Å². The number of aryl methyl sites for hydroxylation is 2. The van der Waals surface area contributed by atoms with E-state index in [4.69, 9.17) is 5.11 Å². The summed E-state index contributed by atoms with van der Waals surface area (Å²) in [6, 6.07) is 1.72. The van der Waals surface area contributed by atoms with E-state index in [2.05, 4.69) is 10.4 Å². The first-order valence-electron chi connectivity index (χ1n) is 6.42. The van der Waals surface area contributed by atoms with Crippen LogP contribution < -0.4 is 5.32 Å². The van der Waals surface area contributed by atoms with E-state index in [1.165, 1.54) is 4.68 Å². The zero-order valence-electron chi connectivity index (χ0n) is 11.3. The molecule has 0 radical (unpaired) electrons. The molecular weight excluding hydrogens is 246 g/mol. The molecule has 6 nitrogen and oxygen atoms in total. The zero-order chi connectivity index (χ0) is 14.0. The smallest absolute Gasteiger partial charge is 0.303 e. The Morgan fingerprint density at radius 3 is 2.63 bits per heavy atom. The molecule has 6 heteroatoms. The molecule has 2 N–H and O–H groups in total. The van der Waals surface area contributed by atoms with Crippen molar-refractivity contribution in [3.8, 4) is 0 Å². The molecule has 1 aromatic rings. The summed E-state index contributed by atoms with van der Waals surface area (Å²) in [6.45, 7) is 2.25. The van der Waals surface area contributed by atoms with Crippen LogP contribution >= 0.6 is 0 Å². The Bertz CT molecular complexity index is 503. The molecule has 0 atom stereocenters. The highest BCUT2D eigenvalue weighted by Crippen LogP contribution is 2.43. The molecule has 1 heterocycles. The van der Waals surface area contributed by atoms with Crippen molar-refractivity contribution < 1.29 is 14.7 Å². The van der Waals surface area contributed by atoms with Crippen LogP contribution in [0.15, 0.2) is 6.07 Å². The van der Waals surface area contributed by atoms with E-state index < -0.39 is 5.97 Å². The monoisotopic (exact) mass is 265 g/mol. The number of carbonyl (C=O) groups excluding carboxylic acids is 1. The van der Waals surface area contributed by atoms with Crippen LogP contribution in [0.3, 0.4) is 0 Å². The van der Waals surface area contributed by atoms with Crippen molar-refractivity contribution in [1.82, 2.24) is 15.1 Å². The predicted molar refractivity (Wildman–Crippen MR) is 68.8 cm³/mol. The number of carboxylic acids is 1. The Morgan fingerprint density at radius 1 is 1.53 bits per heavy atom. The highest BCUT2D eigenvalue weighted by molar-refractivity contribution is 5.92. The van der Waals surface area contributed by atoms with Gasteiger partial charge in [0.1, 0.15) is 5.69 Å². The lowest BCUT2D eigenvalue weighted by Crippen LogP contribution is -2.43. The molecular formula is C13H19N3O3. The van der Waals surface area contributed by atoms with E-state index in [1.54, 1.807) is 13.1 Å². The van der Waals surface area contributed by atoms with Gasteiger partial charge in [0, 0.05) is 13.6 Å². The van der Waals surface area contributed by atoms with Crippen molar-refractivity contribution >= 4 is 11.9 Å². The van der Waals surface area contributed by atoms with Crippen LogP contribution in [0.2, 0.25) is 0 Å². The van der Waals surface area contributed by atoms with Crippen LogP contribution in [-0.4, -0.2) is 33.3 Å². The average molecular weight is 265 g/mol. The van der Waals surface area contributed by atoms with Crippen LogP contribution in [0.1, 0.15) is 41.9 Å². The molecule has 0 bridgehead atoms. The number of aromatic nitrogens is 2. The number of rotatable bonds is 5. The largest absolute Gasteiger partial charge is 0.481 e. The molecule has 104 valence electrons. The maximum absolute atomic E-state index is 12.0. The molecule has 0 unspecified atom stereocenters. The van der Waals surface area contributed by atoms with Crippen molar-refractivity contribution in [2.75, 3.05) is 6.54 Å². The van der Waals surface area contributed by atoms with Crippen molar-refractivity contribution in [2.24, 2.45) is 12.5 Å². The van der Waals surface area contributed by atoms with E-state index in [-0.39, 0.29) is 17.7 Å². The van der Waals surface area contributed by atoms with E-state index in [1.807, 2.05) is 6.92 Å². The third kappa shape index (κ3) is 2.94. The Morgan fingerprint density at radius 2 is 2.21 bits per heavy atom. The molecule has 0 saturated heterocycles. The highest BCUT2D eigenvalue weighted by Gasteiger charge is 2.39. The topological polar surface area (TPSA) is 84.2 Å². The van der Waals surface area contributed by atoms with Crippen LogP contribution in [0.25, 0.3) is 0 Å². The molecule has 0 aromatic carbocycles. The van der Waals surface area contributed by atoms with Crippen LogP contribution in [0.5, 0.6) is 0 Å². The van der Waals surface area contributed by atoms with Crippen LogP contribution in [0, 0.1) is 12.3 Å². The molecule has 1 fully saturated rings. The van der Waals surface area contributed by atoms with Gasteiger partial charge in [-0.1, -0.05) is 6.42 Å². The van der Waals surface area contributed by atoms with Crippen molar-refractivity contribution in [1.29, 1.82) is 0 Å². The lowest BCUT2D eigenvalue weighted by atomic mass is 9.66. The molecule has 19 heavy (non-hydrogen) atoms. The van der Waals surface area contributed by atoms with Crippen molar-refractivity contribution in [2.45, 2.75) is 32.6 Å². The molecule has 1 saturated carbocycles.